The Labute approximate surface area is 154 Å². The van der Waals surface area contributed by atoms with Crippen molar-refractivity contribution in [3.8, 4) is 0 Å². The predicted octanol–water partition coefficient (Wildman–Crippen LogP) is 1.64. The standard InChI is InChI=1S/C18H29N3O5/c1-18(2,3)26-16(23)20-12-15(22)11-19-9-10-21(17(24)25)13-14-7-5-4-6-8-14/h4-8,15,19,22H,9-13H2,1-3H3,(H,20,23)(H,24,25). The average Bonchev–Trinajstić information content (AvgIpc) is 2.55. The summed E-state index contributed by atoms with van der Waals surface area (Å²) >= 11 is 0. The highest BCUT2D eigenvalue weighted by Gasteiger charge is 2.17. The number of rotatable bonds is 9. The molecule has 0 bridgehead atoms. The highest BCUT2D eigenvalue weighted by molar-refractivity contribution is 5.67. The van der Waals surface area contributed by atoms with Gasteiger partial charge in [-0.1, -0.05) is 30.3 Å². The zero-order valence-corrected chi connectivity index (χ0v) is 15.6. The summed E-state index contributed by atoms with van der Waals surface area (Å²) in [5.41, 5.74) is 0.322. The van der Waals surface area contributed by atoms with Gasteiger partial charge in [-0.3, -0.25) is 0 Å². The van der Waals surface area contributed by atoms with Gasteiger partial charge < -0.3 is 30.5 Å². The third-order valence-electron chi connectivity index (χ3n) is 3.31. The molecular formula is C18H29N3O5. The van der Waals surface area contributed by atoms with E-state index in [1.807, 2.05) is 30.3 Å². The van der Waals surface area contributed by atoms with Gasteiger partial charge in [0.05, 0.1) is 6.10 Å². The van der Waals surface area contributed by atoms with Crippen LogP contribution in [0.5, 0.6) is 0 Å². The number of ether oxygens (including phenoxy) is 1. The number of aliphatic hydroxyl groups excluding tert-OH is 1. The van der Waals surface area contributed by atoms with Gasteiger partial charge in [0.15, 0.2) is 0 Å². The zero-order valence-electron chi connectivity index (χ0n) is 15.6. The molecular weight excluding hydrogens is 338 g/mol. The van der Waals surface area contributed by atoms with Crippen molar-refractivity contribution in [2.24, 2.45) is 0 Å². The van der Waals surface area contributed by atoms with Crippen molar-refractivity contribution >= 4 is 12.2 Å². The summed E-state index contributed by atoms with van der Waals surface area (Å²) in [5.74, 6) is 0. The molecule has 0 saturated carbocycles. The Morgan fingerprint density at radius 2 is 1.85 bits per heavy atom. The first-order valence-electron chi connectivity index (χ1n) is 8.55. The molecule has 0 aromatic heterocycles. The fraction of sp³-hybridized carbons (Fsp3) is 0.556. The Kier molecular flexibility index (Phi) is 8.87. The number of benzene rings is 1. The molecule has 146 valence electrons. The van der Waals surface area contributed by atoms with Gasteiger partial charge in [-0.2, -0.15) is 0 Å². The van der Waals surface area contributed by atoms with Gasteiger partial charge >= 0.3 is 12.2 Å². The minimum Gasteiger partial charge on any atom is -0.465 e. The van der Waals surface area contributed by atoms with Crippen LogP contribution < -0.4 is 10.6 Å². The van der Waals surface area contributed by atoms with Crippen molar-refractivity contribution in [1.82, 2.24) is 15.5 Å². The summed E-state index contributed by atoms with van der Waals surface area (Å²) in [6.07, 6.45) is -2.38. The highest BCUT2D eigenvalue weighted by atomic mass is 16.6. The lowest BCUT2D eigenvalue weighted by molar-refractivity contribution is 0.0491. The van der Waals surface area contributed by atoms with E-state index in [0.717, 1.165) is 5.56 Å². The lowest BCUT2D eigenvalue weighted by Crippen LogP contribution is -2.42. The molecule has 0 aliphatic rings. The van der Waals surface area contributed by atoms with Crippen LogP contribution in [0.2, 0.25) is 0 Å². The molecule has 2 amide bonds. The summed E-state index contributed by atoms with van der Waals surface area (Å²) in [5, 5.41) is 24.6. The molecule has 8 heteroatoms. The minimum atomic E-state index is -0.997. The van der Waals surface area contributed by atoms with Crippen LogP contribution in [0.3, 0.4) is 0 Å². The van der Waals surface area contributed by atoms with Crippen molar-refractivity contribution < 1.29 is 24.5 Å². The van der Waals surface area contributed by atoms with Gasteiger partial charge in [0.25, 0.3) is 0 Å². The molecule has 1 aromatic rings. The van der Waals surface area contributed by atoms with E-state index >= 15 is 0 Å². The number of aliphatic hydroxyl groups is 1. The minimum absolute atomic E-state index is 0.0502. The Morgan fingerprint density at radius 1 is 1.19 bits per heavy atom. The van der Waals surface area contributed by atoms with Crippen molar-refractivity contribution in [1.29, 1.82) is 0 Å². The monoisotopic (exact) mass is 367 g/mol. The van der Waals surface area contributed by atoms with Crippen molar-refractivity contribution in [3.63, 3.8) is 0 Å². The SMILES string of the molecule is CC(C)(C)OC(=O)NCC(O)CNCCN(Cc1ccccc1)C(=O)O. The third kappa shape index (κ3) is 9.85. The number of amides is 2. The Hall–Kier alpha value is -2.32. The number of nitrogens with zero attached hydrogens (tertiary/aromatic N) is 1. The smallest absolute Gasteiger partial charge is 0.407 e. The first-order valence-corrected chi connectivity index (χ1v) is 8.55. The van der Waals surface area contributed by atoms with E-state index in [9.17, 15) is 19.8 Å². The lowest BCUT2D eigenvalue weighted by atomic mass is 10.2. The zero-order chi connectivity index (χ0) is 19.6. The molecule has 0 aliphatic carbocycles. The molecule has 0 heterocycles. The molecule has 4 N–H and O–H groups in total. The molecule has 0 fully saturated rings. The topological polar surface area (TPSA) is 111 Å². The number of carboxylic acid groups (broad SMARTS) is 1. The number of nitrogens with one attached hydrogen (secondary N) is 2. The van der Waals surface area contributed by atoms with Crippen LogP contribution in [0.25, 0.3) is 0 Å². The summed E-state index contributed by atoms with van der Waals surface area (Å²) in [6, 6.07) is 9.34. The largest absolute Gasteiger partial charge is 0.465 e. The molecule has 1 rings (SSSR count). The van der Waals surface area contributed by atoms with Crippen LogP contribution in [0.15, 0.2) is 30.3 Å². The Morgan fingerprint density at radius 3 is 2.42 bits per heavy atom. The maximum atomic E-state index is 11.5. The third-order valence-corrected chi connectivity index (χ3v) is 3.31. The van der Waals surface area contributed by atoms with E-state index in [1.165, 1.54) is 4.90 Å². The molecule has 26 heavy (non-hydrogen) atoms. The molecule has 1 atom stereocenters. The van der Waals surface area contributed by atoms with Crippen LogP contribution in [0, 0.1) is 0 Å². The average molecular weight is 367 g/mol. The van der Waals surface area contributed by atoms with E-state index in [2.05, 4.69) is 10.6 Å². The second kappa shape index (κ2) is 10.6. The normalized spacial score (nSPS) is 12.3. The lowest BCUT2D eigenvalue weighted by Gasteiger charge is -2.21. The molecule has 8 nitrogen and oxygen atoms in total. The van der Waals surface area contributed by atoms with Gasteiger partial charge in [0, 0.05) is 32.7 Å². The number of hydrogen-bond acceptors (Lipinski definition) is 5. The molecule has 0 aliphatic heterocycles. The van der Waals surface area contributed by atoms with Crippen LogP contribution in [0.1, 0.15) is 26.3 Å². The number of hydrogen-bond donors (Lipinski definition) is 4. The van der Waals surface area contributed by atoms with E-state index in [-0.39, 0.29) is 19.6 Å². The fourth-order valence-corrected chi connectivity index (χ4v) is 2.12. The van der Waals surface area contributed by atoms with Crippen molar-refractivity contribution in [2.45, 2.75) is 39.0 Å². The summed E-state index contributed by atoms with van der Waals surface area (Å²) < 4.78 is 5.07. The Bertz CT molecular complexity index is 560. The van der Waals surface area contributed by atoms with Crippen LogP contribution in [-0.4, -0.2) is 65.2 Å². The van der Waals surface area contributed by atoms with Gasteiger partial charge in [0.2, 0.25) is 0 Å². The second-order valence-electron chi connectivity index (χ2n) is 6.93. The van der Waals surface area contributed by atoms with E-state index in [1.54, 1.807) is 20.8 Å². The van der Waals surface area contributed by atoms with Crippen LogP contribution >= 0.6 is 0 Å². The number of alkyl carbamates (subject to hydrolysis) is 1. The van der Waals surface area contributed by atoms with Gasteiger partial charge in [-0.05, 0) is 26.3 Å². The number of carbonyl (C=O) groups is 2. The Balaban J connectivity index is 2.24. The maximum Gasteiger partial charge on any atom is 0.407 e. The number of carbonyl (C=O) groups excluding carboxylic acids is 1. The second-order valence-corrected chi connectivity index (χ2v) is 6.93. The van der Waals surface area contributed by atoms with Gasteiger partial charge in [0.1, 0.15) is 5.60 Å². The first kappa shape index (κ1) is 21.7. The molecule has 0 radical (unpaired) electrons. The van der Waals surface area contributed by atoms with E-state index in [4.69, 9.17) is 4.74 Å². The highest BCUT2D eigenvalue weighted by Crippen LogP contribution is 2.06. The maximum absolute atomic E-state index is 11.5. The molecule has 1 aromatic carbocycles. The van der Waals surface area contributed by atoms with E-state index < -0.39 is 23.9 Å². The van der Waals surface area contributed by atoms with Gasteiger partial charge in [-0.25, -0.2) is 9.59 Å². The molecule has 0 saturated heterocycles. The molecule has 0 spiro atoms. The van der Waals surface area contributed by atoms with Crippen molar-refractivity contribution in [3.05, 3.63) is 35.9 Å². The molecule has 1 unspecified atom stereocenters. The van der Waals surface area contributed by atoms with Crippen molar-refractivity contribution in [2.75, 3.05) is 26.2 Å². The quantitative estimate of drug-likeness (QED) is 0.494. The summed E-state index contributed by atoms with van der Waals surface area (Å²) in [7, 11) is 0. The summed E-state index contributed by atoms with van der Waals surface area (Å²) in [4.78, 5) is 24.1. The van der Waals surface area contributed by atoms with Gasteiger partial charge in [-0.15, -0.1) is 0 Å². The van der Waals surface area contributed by atoms with E-state index in [0.29, 0.717) is 13.1 Å². The summed E-state index contributed by atoms with van der Waals surface area (Å²) in [6.45, 7) is 6.54. The first-order chi connectivity index (χ1) is 12.2. The van der Waals surface area contributed by atoms with Crippen LogP contribution in [-0.2, 0) is 11.3 Å². The fourth-order valence-electron chi connectivity index (χ4n) is 2.12. The van der Waals surface area contributed by atoms with Crippen LogP contribution in [0.4, 0.5) is 9.59 Å². The predicted molar refractivity (Wildman–Crippen MR) is 98.0 cm³/mol.